The SMILES string of the molecule is O=C(NCCNc1c(Cl)ccc2c1CCN(C(=O)C(F)(F)F)CC2)c1cccnc1. The second-order valence-corrected chi connectivity index (χ2v) is 7.18. The van der Waals surface area contributed by atoms with Gasteiger partial charge in [0, 0.05) is 38.6 Å². The number of nitrogens with zero attached hydrogens (tertiary/aromatic N) is 2. The summed E-state index contributed by atoms with van der Waals surface area (Å²) in [6.45, 7) is 0.630. The molecule has 1 aromatic heterocycles. The summed E-state index contributed by atoms with van der Waals surface area (Å²) < 4.78 is 38.3. The summed E-state index contributed by atoms with van der Waals surface area (Å²) in [7, 11) is 0. The fourth-order valence-corrected chi connectivity index (χ4v) is 3.58. The maximum absolute atomic E-state index is 12.8. The van der Waals surface area contributed by atoms with E-state index < -0.39 is 12.1 Å². The Hall–Kier alpha value is -2.81. The number of halogens is 4. The van der Waals surface area contributed by atoms with Crippen molar-refractivity contribution in [3.63, 3.8) is 0 Å². The van der Waals surface area contributed by atoms with Gasteiger partial charge in [-0.2, -0.15) is 13.2 Å². The average Bonchev–Trinajstić information content (AvgIpc) is 2.94. The molecule has 0 unspecified atom stereocenters. The van der Waals surface area contributed by atoms with Crippen LogP contribution in [0.15, 0.2) is 36.7 Å². The number of hydrogen-bond acceptors (Lipinski definition) is 4. The number of benzene rings is 1. The Balaban J connectivity index is 1.62. The van der Waals surface area contributed by atoms with Crippen LogP contribution in [0.3, 0.4) is 0 Å². The van der Waals surface area contributed by atoms with Crippen molar-refractivity contribution in [2.75, 3.05) is 31.5 Å². The smallest absolute Gasteiger partial charge is 0.382 e. The van der Waals surface area contributed by atoms with Crippen molar-refractivity contribution < 1.29 is 22.8 Å². The van der Waals surface area contributed by atoms with E-state index in [9.17, 15) is 22.8 Å². The Labute approximate surface area is 176 Å². The number of carbonyl (C=O) groups excluding carboxylic acids is 2. The Morgan fingerprint density at radius 1 is 1.13 bits per heavy atom. The lowest BCUT2D eigenvalue weighted by Gasteiger charge is -2.21. The number of pyridine rings is 1. The number of hydrogen-bond donors (Lipinski definition) is 2. The second-order valence-electron chi connectivity index (χ2n) is 6.77. The van der Waals surface area contributed by atoms with E-state index in [0.717, 1.165) is 16.0 Å². The topological polar surface area (TPSA) is 74.3 Å². The van der Waals surface area contributed by atoms with Gasteiger partial charge in [0.25, 0.3) is 5.91 Å². The lowest BCUT2D eigenvalue weighted by Crippen LogP contribution is -2.42. The number of amides is 2. The highest BCUT2D eigenvalue weighted by atomic mass is 35.5. The van der Waals surface area contributed by atoms with Crippen molar-refractivity contribution in [2.24, 2.45) is 0 Å². The number of anilines is 1. The molecule has 1 aliphatic heterocycles. The molecule has 1 aromatic carbocycles. The molecule has 0 aliphatic carbocycles. The van der Waals surface area contributed by atoms with Gasteiger partial charge < -0.3 is 15.5 Å². The Bertz CT molecular complexity index is 922. The lowest BCUT2D eigenvalue weighted by molar-refractivity contribution is -0.185. The number of fused-ring (bicyclic) bond motifs is 1. The number of carbonyl (C=O) groups is 2. The van der Waals surface area contributed by atoms with E-state index in [0.29, 0.717) is 35.8 Å². The first-order chi connectivity index (χ1) is 14.3. The molecule has 0 bridgehead atoms. The first kappa shape index (κ1) is 21.9. The monoisotopic (exact) mass is 440 g/mol. The van der Waals surface area contributed by atoms with Gasteiger partial charge in [0.2, 0.25) is 0 Å². The van der Waals surface area contributed by atoms with Crippen LogP contribution < -0.4 is 10.6 Å². The zero-order valence-corrected chi connectivity index (χ0v) is 16.7. The van der Waals surface area contributed by atoms with Crippen molar-refractivity contribution in [3.8, 4) is 0 Å². The van der Waals surface area contributed by atoms with Gasteiger partial charge in [-0.25, -0.2) is 0 Å². The molecular formula is C20H20ClF3N4O2. The highest BCUT2D eigenvalue weighted by molar-refractivity contribution is 6.33. The number of aromatic nitrogens is 1. The standard InChI is InChI=1S/C20H20ClF3N4O2/c21-16-4-3-13-5-10-28(19(30)20(22,23)24)11-6-15(13)17(16)26-8-9-27-18(29)14-2-1-7-25-12-14/h1-4,7,12,26H,5-6,8-11H2,(H,27,29). The van der Waals surface area contributed by atoms with Crippen LogP contribution in [-0.4, -0.2) is 54.1 Å². The summed E-state index contributed by atoms with van der Waals surface area (Å²) in [4.78, 5) is 28.3. The van der Waals surface area contributed by atoms with Crippen LogP contribution in [-0.2, 0) is 17.6 Å². The quantitative estimate of drug-likeness (QED) is 0.701. The average molecular weight is 441 g/mol. The van der Waals surface area contributed by atoms with E-state index >= 15 is 0 Å². The Morgan fingerprint density at radius 3 is 2.60 bits per heavy atom. The van der Waals surface area contributed by atoms with E-state index in [1.165, 1.54) is 6.20 Å². The predicted octanol–water partition coefficient (Wildman–Crippen LogP) is 3.07. The van der Waals surface area contributed by atoms with Gasteiger partial charge in [-0.1, -0.05) is 17.7 Å². The summed E-state index contributed by atoms with van der Waals surface area (Å²) in [5.74, 6) is -2.08. The van der Waals surface area contributed by atoms with Gasteiger partial charge in [0.05, 0.1) is 16.3 Å². The Kier molecular flexibility index (Phi) is 6.81. The highest BCUT2D eigenvalue weighted by Crippen LogP contribution is 2.32. The summed E-state index contributed by atoms with van der Waals surface area (Å²) in [5.41, 5.74) is 2.70. The summed E-state index contributed by atoms with van der Waals surface area (Å²) in [6.07, 6.45) is -1.29. The minimum Gasteiger partial charge on any atom is -0.382 e. The maximum Gasteiger partial charge on any atom is 0.471 e. The zero-order chi connectivity index (χ0) is 21.7. The summed E-state index contributed by atoms with van der Waals surface area (Å²) >= 11 is 6.30. The van der Waals surface area contributed by atoms with Crippen molar-refractivity contribution >= 4 is 29.1 Å². The molecule has 2 heterocycles. The fourth-order valence-electron chi connectivity index (χ4n) is 3.33. The molecule has 10 heteroatoms. The van der Waals surface area contributed by atoms with Crippen LogP contribution in [0.5, 0.6) is 0 Å². The number of nitrogens with one attached hydrogen (secondary N) is 2. The minimum atomic E-state index is -4.89. The highest BCUT2D eigenvalue weighted by Gasteiger charge is 2.42. The molecule has 0 saturated heterocycles. The van der Waals surface area contributed by atoms with Crippen molar-refractivity contribution in [1.29, 1.82) is 0 Å². The van der Waals surface area contributed by atoms with Gasteiger partial charge in [0.15, 0.2) is 0 Å². The van der Waals surface area contributed by atoms with E-state index in [-0.39, 0.29) is 25.4 Å². The molecule has 2 amide bonds. The number of alkyl halides is 3. The normalized spacial score (nSPS) is 13.9. The van der Waals surface area contributed by atoms with E-state index in [1.807, 2.05) is 0 Å². The fraction of sp³-hybridized carbons (Fsp3) is 0.350. The maximum atomic E-state index is 12.8. The van der Waals surface area contributed by atoms with Gasteiger partial charge in [0.1, 0.15) is 0 Å². The lowest BCUT2D eigenvalue weighted by atomic mass is 10.0. The minimum absolute atomic E-state index is 0.00636. The molecule has 0 atom stereocenters. The molecule has 0 saturated carbocycles. The van der Waals surface area contributed by atoms with Crippen LogP contribution in [0, 0.1) is 0 Å². The third-order valence-electron chi connectivity index (χ3n) is 4.81. The molecule has 0 spiro atoms. The van der Waals surface area contributed by atoms with Gasteiger partial charge in [-0.05, 0) is 42.2 Å². The molecule has 0 radical (unpaired) electrons. The molecule has 1 aliphatic rings. The van der Waals surface area contributed by atoms with Crippen molar-refractivity contribution in [3.05, 3.63) is 58.4 Å². The molecule has 2 aromatic rings. The third kappa shape index (κ3) is 5.21. The Morgan fingerprint density at radius 2 is 1.90 bits per heavy atom. The zero-order valence-electron chi connectivity index (χ0n) is 15.9. The molecule has 3 rings (SSSR count). The third-order valence-corrected chi connectivity index (χ3v) is 5.12. The summed E-state index contributed by atoms with van der Waals surface area (Å²) in [5, 5.41) is 6.35. The molecule has 30 heavy (non-hydrogen) atoms. The summed E-state index contributed by atoms with van der Waals surface area (Å²) in [6, 6.07) is 6.77. The van der Waals surface area contributed by atoms with E-state index in [4.69, 9.17) is 11.6 Å². The predicted molar refractivity (Wildman–Crippen MR) is 107 cm³/mol. The van der Waals surface area contributed by atoms with Crippen LogP contribution in [0.1, 0.15) is 21.5 Å². The second kappa shape index (κ2) is 9.34. The van der Waals surface area contributed by atoms with Crippen molar-refractivity contribution in [1.82, 2.24) is 15.2 Å². The van der Waals surface area contributed by atoms with Crippen molar-refractivity contribution in [2.45, 2.75) is 19.0 Å². The molecule has 160 valence electrons. The number of rotatable bonds is 5. The van der Waals surface area contributed by atoms with Crippen LogP contribution >= 0.6 is 11.6 Å². The first-order valence-corrected chi connectivity index (χ1v) is 9.73. The largest absolute Gasteiger partial charge is 0.471 e. The van der Waals surface area contributed by atoms with Crippen LogP contribution in [0.4, 0.5) is 18.9 Å². The van der Waals surface area contributed by atoms with Crippen LogP contribution in [0.25, 0.3) is 0 Å². The molecule has 2 N–H and O–H groups in total. The van der Waals surface area contributed by atoms with Crippen LogP contribution in [0.2, 0.25) is 5.02 Å². The van der Waals surface area contributed by atoms with Gasteiger partial charge in [-0.3, -0.25) is 14.6 Å². The molecular weight excluding hydrogens is 421 g/mol. The van der Waals surface area contributed by atoms with E-state index in [2.05, 4.69) is 15.6 Å². The van der Waals surface area contributed by atoms with E-state index in [1.54, 1.807) is 30.5 Å². The molecule has 0 fully saturated rings. The first-order valence-electron chi connectivity index (χ1n) is 9.36. The van der Waals surface area contributed by atoms with Gasteiger partial charge in [-0.15, -0.1) is 0 Å². The molecule has 6 nitrogen and oxygen atoms in total. The van der Waals surface area contributed by atoms with Gasteiger partial charge >= 0.3 is 12.1 Å².